The lowest BCUT2D eigenvalue weighted by Gasteiger charge is -2.20. The van der Waals surface area contributed by atoms with Crippen LogP contribution in [0.2, 0.25) is 0 Å². The highest BCUT2D eigenvalue weighted by Gasteiger charge is 2.31. The van der Waals surface area contributed by atoms with Crippen LogP contribution in [0.1, 0.15) is 33.7 Å². The van der Waals surface area contributed by atoms with E-state index in [9.17, 15) is 12.9 Å². The van der Waals surface area contributed by atoms with Crippen molar-refractivity contribution in [2.75, 3.05) is 0 Å². The molecule has 17 heavy (non-hydrogen) atoms. The molecule has 0 aliphatic heterocycles. The van der Waals surface area contributed by atoms with Crippen molar-refractivity contribution in [1.82, 2.24) is 0 Å². The molecule has 0 radical (unpaired) electrons. The molecule has 0 aliphatic carbocycles. The lowest BCUT2D eigenvalue weighted by molar-refractivity contribution is -0.716. The summed E-state index contributed by atoms with van der Waals surface area (Å²) in [6, 6.07) is 1.18. The first-order valence-corrected chi connectivity index (χ1v) is 5.63. The molecule has 1 rings (SSSR count). The average molecular weight is 247 g/mol. The summed E-state index contributed by atoms with van der Waals surface area (Å²) in [5.74, 6) is -0.0938. The molecule has 0 bridgehead atoms. The van der Waals surface area contributed by atoms with Crippen molar-refractivity contribution >= 4 is 12.4 Å². The van der Waals surface area contributed by atoms with Gasteiger partial charge in [0.05, 0.1) is 6.10 Å². The monoisotopic (exact) mass is 247 g/mol. The number of pyridine rings is 1. The highest BCUT2D eigenvalue weighted by molar-refractivity contribution is 6.74. The predicted molar refractivity (Wildman–Crippen MR) is 61.5 cm³/mol. The van der Waals surface area contributed by atoms with E-state index in [4.69, 9.17) is 4.74 Å². The Morgan fingerprint density at radius 2 is 1.76 bits per heavy atom. The van der Waals surface area contributed by atoms with Gasteiger partial charge in [-0.1, -0.05) is 5.46 Å². The third-order valence-electron chi connectivity index (χ3n) is 2.29. The van der Waals surface area contributed by atoms with E-state index in [1.54, 1.807) is 18.4 Å². The summed E-state index contributed by atoms with van der Waals surface area (Å²) in [6.45, 7) is 2.18. The SMILES string of the molecule is CC(C)Oc1c[n+](C(C)C)ccc1[B-](F)(F)F. The second-order valence-electron chi connectivity index (χ2n) is 4.55. The molecule has 1 aromatic heterocycles. The maximum atomic E-state index is 12.8. The number of hydrogen-bond acceptors (Lipinski definition) is 1. The van der Waals surface area contributed by atoms with E-state index in [0.29, 0.717) is 0 Å². The van der Waals surface area contributed by atoms with Gasteiger partial charge in [-0.2, -0.15) is 4.57 Å². The van der Waals surface area contributed by atoms with Crippen molar-refractivity contribution in [3.05, 3.63) is 18.5 Å². The second kappa shape index (κ2) is 4.98. The molecule has 2 nitrogen and oxygen atoms in total. The van der Waals surface area contributed by atoms with Gasteiger partial charge in [0.1, 0.15) is 0 Å². The fraction of sp³-hybridized carbons (Fsp3) is 0.545. The van der Waals surface area contributed by atoms with E-state index in [2.05, 4.69) is 0 Å². The van der Waals surface area contributed by atoms with Crippen LogP contribution in [0.5, 0.6) is 5.75 Å². The molecule has 0 aliphatic rings. The molecule has 0 atom stereocenters. The molecule has 0 unspecified atom stereocenters. The predicted octanol–water partition coefficient (Wildman–Crippen LogP) is 2.40. The minimum absolute atomic E-state index is 0.0938. The largest absolute Gasteiger partial charge is 0.513 e. The van der Waals surface area contributed by atoms with Crippen molar-refractivity contribution in [1.29, 1.82) is 0 Å². The number of aromatic nitrogens is 1. The Kier molecular flexibility index (Phi) is 4.06. The normalized spacial score (nSPS) is 12.3. The third-order valence-corrected chi connectivity index (χ3v) is 2.29. The Balaban J connectivity index is 3.22. The van der Waals surface area contributed by atoms with Crippen molar-refractivity contribution < 1.29 is 22.3 Å². The van der Waals surface area contributed by atoms with Gasteiger partial charge in [-0.25, -0.2) is 0 Å². The van der Waals surface area contributed by atoms with E-state index < -0.39 is 12.4 Å². The van der Waals surface area contributed by atoms with E-state index >= 15 is 0 Å². The lowest BCUT2D eigenvalue weighted by atomic mass is 9.80. The molecule has 1 heterocycles. The fourth-order valence-corrected chi connectivity index (χ4v) is 1.45. The van der Waals surface area contributed by atoms with Crippen LogP contribution in [0.25, 0.3) is 0 Å². The summed E-state index contributed by atoms with van der Waals surface area (Å²) in [4.78, 5) is 0. The van der Waals surface area contributed by atoms with Crippen LogP contribution >= 0.6 is 0 Å². The highest BCUT2D eigenvalue weighted by atomic mass is 19.4. The highest BCUT2D eigenvalue weighted by Crippen LogP contribution is 2.17. The van der Waals surface area contributed by atoms with E-state index in [1.165, 1.54) is 12.4 Å². The fourth-order valence-electron chi connectivity index (χ4n) is 1.45. The number of nitrogens with zero attached hydrogens (tertiary/aromatic N) is 1. The molecular weight excluding hydrogens is 230 g/mol. The number of halogens is 3. The zero-order chi connectivity index (χ0) is 13.2. The minimum atomic E-state index is -5.04. The maximum Gasteiger partial charge on any atom is 0.513 e. The van der Waals surface area contributed by atoms with Crippen LogP contribution in [0, 0.1) is 0 Å². The molecule has 0 aromatic carbocycles. The summed E-state index contributed by atoms with van der Waals surface area (Å²) in [5, 5.41) is 0. The van der Waals surface area contributed by atoms with Crippen LogP contribution in [-0.2, 0) is 0 Å². The maximum absolute atomic E-state index is 12.8. The Bertz CT molecular complexity index is 391. The molecule has 0 saturated carbocycles. The molecular formula is C11H17BF3NO. The zero-order valence-corrected chi connectivity index (χ0v) is 10.5. The van der Waals surface area contributed by atoms with Crippen LogP contribution in [0.3, 0.4) is 0 Å². The quantitative estimate of drug-likeness (QED) is 0.588. The standard InChI is InChI=1S/C11H17BF3NO/c1-8(2)16-6-5-10(12(13,14)15)11(7-16)17-9(3)4/h5-9H,1-4H3. The Morgan fingerprint density at radius 1 is 1.18 bits per heavy atom. The molecule has 0 fully saturated rings. The number of ether oxygens (including phenoxy) is 1. The molecule has 1 aromatic rings. The number of rotatable bonds is 4. The summed E-state index contributed by atoms with van der Waals surface area (Å²) < 4.78 is 45.3. The molecule has 0 saturated heterocycles. The zero-order valence-electron chi connectivity index (χ0n) is 10.5. The van der Waals surface area contributed by atoms with Gasteiger partial charge >= 0.3 is 6.98 Å². The van der Waals surface area contributed by atoms with Gasteiger partial charge in [0, 0.05) is 0 Å². The molecule has 0 amide bonds. The van der Waals surface area contributed by atoms with E-state index in [1.807, 2.05) is 13.8 Å². The van der Waals surface area contributed by atoms with Crippen molar-refractivity contribution in [3.8, 4) is 5.75 Å². The summed E-state index contributed by atoms with van der Waals surface area (Å²) >= 11 is 0. The molecule has 0 N–H and O–H groups in total. The van der Waals surface area contributed by atoms with Crippen LogP contribution in [-0.4, -0.2) is 13.1 Å². The first kappa shape index (κ1) is 13.9. The molecule has 6 heteroatoms. The first-order valence-electron chi connectivity index (χ1n) is 5.63. The van der Waals surface area contributed by atoms with Crippen LogP contribution in [0.4, 0.5) is 12.9 Å². The van der Waals surface area contributed by atoms with Gasteiger partial charge in [0.25, 0.3) is 0 Å². The smallest absolute Gasteiger partial charge is 0.488 e. The Labute approximate surface area is 99.5 Å². The van der Waals surface area contributed by atoms with Crippen LogP contribution in [0.15, 0.2) is 18.5 Å². The third kappa shape index (κ3) is 3.65. The molecule has 96 valence electrons. The van der Waals surface area contributed by atoms with Crippen molar-refractivity contribution in [2.45, 2.75) is 39.8 Å². The van der Waals surface area contributed by atoms with Gasteiger partial charge < -0.3 is 17.7 Å². The van der Waals surface area contributed by atoms with E-state index in [0.717, 1.165) is 6.07 Å². The van der Waals surface area contributed by atoms with Gasteiger partial charge in [-0.3, -0.25) is 0 Å². The Hall–Kier alpha value is -1.20. The van der Waals surface area contributed by atoms with Gasteiger partial charge in [0.2, 0.25) is 6.20 Å². The second-order valence-corrected chi connectivity index (χ2v) is 4.55. The number of hydrogen-bond donors (Lipinski definition) is 0. The summed E-state index contributed by atoms with van der Waals surface area (Å²) in [6.07, 6.45) is 2.56. The average Bonchev–Trinajstić information content (AvgIpc) is 2.14. The van der Waals surface area contributed by atoms with Gasteiger partial charge in [0.15, 0.2) is 18.0 Å². The topological polar surface area (TPSA) is 13.1 Å². The minimum Gasteiger partial charge on any atom is -0.488 e. The first-order chi connectivity index (χ1) is 7.71. The van der Waals surface area contributed by atoms with Gasteiger partial charge in [-0.05, 0) is 33.8 Å². The van der Waals surface area contributed by atoms with E-state index in [-0.39, 0.29) is 17.9 Å². The summed E-state index contributed by atoms with van der Waals surface area (Å²) in [5.41, 5.74) is -0.671. The lowest BCUT2D eigenvalue weighted by Crippen LogP contribution is -2.42. The summed E-state index contributed by atoms with van der Waals surface area (Å²) in [7, 11) is 0. The van der Waals surface area contributed by atoms with Crippen LogP contribution < -0.4 is 14.8 Å². The van der Waals surface area contributed by atoms with Crippen molar-refractivity contribution in [2.24, 2.45) is 0 Å². The van der Waals surface area contributed by atoms with Gasteiger partial charge in [-0.15, -0.1) is 0 Å². The Morgan fingerprint density at radius 3 is 2.18 bits per heavy atom. The molecule has 0 spiro atoms. The van der Waals surface area contributed by atoms with Crippen molar-refractivity contribution in [3.63, 3.8) is 0 Å².